The van der Waals surface area contributed by atoms with Gasteiger partial charge in [0.05, 0.1) is 6.61 Å². The van der Waals surface area contributed by atoms with Crippen LogP contribution in [0.15, 0.2) is 15.8 Å². The molecule has 1 aromatic heterocycles. The normalized spacial score (nSPS) is 27.5. The lowest BCUT2D eigenvalue weighted by Gasteiger charge is -2.18. The Bertz CT molecular complexity index is 625. The molecule has 0 aliphatic carbocycles. The molecule has 4 N–H and O–H groups in total. The molecule has 4 atom stereocenters. The van der Waals surface area contributed by atoms with Crippen LogP contribution in [0.25, 0.3) is 0 Å². The first kappa shape index (κ1) is 17.9. The quantitative estimate of drug-likeness (QED) is 0.489. The molecule has 8 heteroatoms. The number of aromatic amines is 1. The van der Waals surface area contributed by atoms with Crippen molar-refractivity contribution in [2.75, 3.05) is 6.61 Å². The van der Waals surface area contributed by atoms with Gasteiger partial charge in [0.15, 0.2) is 6.23 Å². The molecule has 0 aromatic carbocycles. The molecule has 23 heavy (non-hydrogen) atoms. The summed E-state index contributed by atoms with van der Waals surface area (Å²) in [6, 6.07) is 0. The first-order valence-electron chi connectivity index (χ1n) is 7.96. The van der Waals surface area contributed by atoms with Gasteiger partial charge in [-0.1, -0.05) is 26.2 Å². The maximum Gasteiger partial charge on any atom is 0.330 e. The van der Waals surface area contributed by atoms with E-state index >= 15 is 0 Å². The Morgan fingerprint density at radius 1 is 1.22 bits per heavy atom. The number of hydrogen-bond acceptors (Lipinski definition) is 6. The number of aliphatic hydroxyl groups is 3. The molecular weight excluding hydrogens is 304 g/mol. The van der Waals surface area contributed by atoms with Crippen LogP contribution in [0.1, 0.15) is 44.4 Å². The van der Waals surface area contributed by atoms with Gasteiger partial charge in [-0.3, -0.25) is 14.3 Å². The SMILES string of the molecule is CCCCCCc1cn([C@@H]2O[C@H](CO)[C@@H](O)[C@H]2O)c(=O)[nH]c1=O. The fourth-order valence-electron chi connectivity index (χ4n) is 2.75. The zero-order valence-corrected chi connectivity index (χ0v) is 13.1. The van der Waals surface area contributed by atoms with Gasteiger partial charge in [0.2, 0.25) is 0 Å². The second-order valence-corrected chi connectivity index (χ2v) is 5.86. The van der Waals surface area contributed by atoms with Crippen molar-refractivity contribution in [1.29, 1.82) is 0 Å². The molecule has 1 aromatic rings. The lowest BCUT2D eigenvalue weighted by molar-refractivity contribution is -0.0551. The van der Waals surface area contributed by atoms with Crippen molar-refractivity contribution in [2.45, 2.75) is 63.6 Å². The number of rotatable bonds is 7. The Morgan fingerprint density at radius 2 is 1.96 bits per heavy atom. The van der Waals surface area contributed by atoms with Gasteiger partial charge < -0.3 is 20.1 Å². The molecule has 130 valence electrons. The van der Waals surface area contributed by atoms with Crippen LogP contribution in [-0.2, 0) is 11.2 Å². The first-order valence-corrected chi connectivity index (χ1v) is 7.96. The van der Waals surface area contributed by atoms with Gasteiger partial charge >= 0.3 is 5.69 Å². The Kier molecular flexibility index (Phi) is 6.11. The molecule has 1 aliphatic rings. The fourth-order valence-corrected chi connectivity index (χ4v) is 2.75. The van der Waals surface area contributed by atoms with Crippen LogP contribution in [0.3, 0.4) is 0 Å². The van der Waals surface area contributed by atoms with Crippen LogP contribution >= 0.6 is 0 Å². The minimum absolute atomic E-state index is 0.429. The van der Waals surface area contributed by atoms with Crippen LogP contribution in [0.2, 0.25) is 0 Å². The van der Waals surface area contributed by atoms with Crippen molar-refractivity contribution in [3.8, 4) is 0 Å². The lowest BCUT2D eigenvalue weighted by atomic mass is 10.1. The summed E-state index contributed by atoms with van der Waals surface area (Å²) in [7, 11) is 0. The highest BCUT2D eigenvalue weighted by Crippen LogP contribution is 2.28. The lowest BCUT2D eigenvalue weighted by Crippen LogP contribution is -2.38. The average Bonchev–Trinajstić information content (AvgIpc) is 2.81. The maximum atomic E-state index is 12.0. The van der Waals surface area contributed by atoms with Crippen molar-refractivity contribution in [3.63, 3.8) is 0 Å². The van der Waals surface area contributed by atoms with E-state index in [2.05, 4.69) is 11.9 Å². The summed E-state index contributed by atoms with van der Waals surface area (Å²) in [6.07, 6.45) is 1.10. The summed E-state index contributed by atoms with van der Waals surface area (Å²) in [5, 5.41) is 28.9. The smallest absolute Gasteiger partial charge is 0.330 e. The molecule has 0 spiro atoms. The topological polar surface area (TPSA) is 125 Å². The summed E-state index contributed by atoms with van der Waals surface area (Å²) in [5.41, 5.74) is -0.741. The molecule has 1 fully saturated rings. The molecule has 0 amide bonds. The van der Waals surface area contributed by atoms with Gasteiger partial charge in [-0.25, -0.2) is 4.79 Å². The highest BCUT2D eigenvalue weighted by Gasteiger charge is 2.43. The van der Waals surface area contributed by atoms with Gasteiger partial charge in [-0.15, -0.1) is 0 Å². The third kappa shape index (κ3) is 3.89. The number of hydrogen-bond donors (Lipinski definition) is 4. The van der Waals surface area contributed by atoms with E-state index in [-0.39, 0.29) is 0 Å². The number of aryl methyl sites for hydroxylation is 1. The Morgan fingerprint density at radius 3 is 2.57 bits per heavy atom. The summed E-state index contributed by atoms with van der Waals surface area (Å²) in [6.45, 7) is 1.62. The zero-order valence-electron chi connectivity index (χ0n) is 13.1. The van der Waals surface area contributed by atoms with Gasteiger partial charge in [0.1, 0.15) is 18.3 Å². The number of nitrogens with one attached hydrogen (secondary N) is 1. The van der Waals surface area contributed by atoms with Crippen LogP contribution in [0.5, 0.6) is 0 Å². The highest BCUT2D eigenvalue weighted by atomic mass is 16.6. The molecule has 1 aliphatic heterocycles. The molecule has 8 nitrogen and oxygen atoms in total. The second kappa shape index (κ2) is 7.87. The minimum atomic E-state index is -1.36. The van der Waals surface area contributed by atoms with Crippen LogP contribution in [0.4, 0.5) is 0 Å². The van der Waals surface area contributed by atoms with E-state index in [4.69, 9.17) is 9.84 Å². The standard InChI is InChI=1S/C15H24N2O6/c1-2-3-4-5-6-9-7-17(15(22)16-13(9)21)14-12(20)11(19)10(8-18)23-14/h7,10-12,14,18-20H,2-6,8H2,1H3,(H,16,21,22)/t10-,11-,12-,14-/m1/s1. The third-order valence-electron chi connectivity index (χ3n) is 4.13. The molecule has 0 unspecified atom stereocenters. The van der Waals surface area contributed by atoms with Gasteiger partial charge in [-0.05, 0) is 12.8 Å². The van der Waals surface area contributed by atoms with Crippen molar-refractivity contribution in [1.82, 2.24) is 9.55 Å². The molecule has 0 saturated carbocycles. The monoisotopic (exact) mass is 328 g/mol. The summed E-state index contributed by atoms with van der Waals surface area (Å²) in [5.74, 6) is 0. The molecule has 0 bridgehead atoms. The molecule has 1 saturated heterocycles. The molecule has 2 rings (SSSR count). The number of ether oxygens (including phenoxy) is 1. The van der Waals surface area contributed by atoms with Crippen molar-refractivity contribution in [3.05, 3.63) is 32.6 Å². The van der Waals surface area contributed by atoms with E-state index in [1.165, 1.54) is 6.20 Å². The van der Waals surface area contributed by atoms with Gasteiger partial charge in [-0.2, -0.15) is 0 Å². The van der Waals surface area contributed by atoms with E-state index in [9.17, 15) is 19.8 Å². The van der Waals surface area contributed by atoms with Crippen LogP contribution in [0, 0.1) is 0 Å². The van der Waals surface area contributed by atoms with E-state index in [0.717, 1.165) is 30.3 Å². The number of nitrogens with zero attached hydrogens (tertiary/aromatic N) is 1. The molecule has 0 radical (unpaired) electrons. The summed E-state index contributed by atoms with van der Waals surface area (Å²) >= 11 is 0. The Balaban J connectivity index is 2.22. The predicted molar refractivity (Wildman–Crippen MR) is 82.2 cm³/mol. The van der Waals surface area contributed by atoms with E-state index in [1.54, 1.807) is 0 Å². The van der Waals surface area contributed by atoms with Crippen molar-refractivity contribution in [2.24, 2.45) is 0 Å². The average molecular weight is 328 g/mol. The number of aromatic nitrogens is 2. The van der Waals surface area contributed by atoms with Crippen LogP contribution in [-0.4, -0.2) is 49.8 Å². The van der Waals surface area contributed by atoms with E-state index < -0.39 is 42.4 Å². The van der Waals surface area contributed by atoms with E-state index in [0.29, 0.717) is 12.0 Å². The first-order chi connectivity index (χ1) is 11.0. The zero-order chi connectivity index (χ0) is 17.0. The number of aliphatic hydroxyl groups excluding tert-OH is 3. The fraction of sp³-hybridized carbons (Fsp3) is 0.733. The maximum absolute atomic E-state index is 12.0. The second-order valence-electron chi connectivity index (χ2n) is 5.86. The Hall–Kier alpha value is -1.48. The number of H-pyrrole nitrogens is 1. The van der Waals surface area contributed by atoms with Crippen molar-refractivity contribution < 1.29 is 20.1 Å². The largest absolute Gasteiger partial charge is 0.394 e. The summed E-state index contributed by atoms with van der Waals surface area (Å²) in [4.78, 5) is 26.1. The molecular formula is C15H24N2O6. The molecule has 2 heterocycles. The van der Waals surface area contributed by atoms with Gasteiger partial charge in [0, 0.05) is 11.8 Å². The minimum Gasteiger partial charge on any atom is -0.394 e. The van der Waals surface area contributed by atoms with Gasteiger partial charge in [0.25, 0.3) is 5.56 Å². The van der Waals surface area contributed by atoms with Crippen molar-refractivity contribution >= 4 is 0 Å². The highest BCUT2D eigenvalue weighted by molar-refractivity contribution is 5.06. The number of unbranched alkanes of at least 4 members (excludes halogenated alkanes) is 3. The Labute approximate surface area is 133 Å². The predicted octanol–water partition coefficient (Wildman–Crippen LogP) is -0.729. The summed E-state index contributed by atoms with van der Waals surface area (Å²) < 4.78 is 6.40. The van der Waals surface area contributed by atoms with Crippen LogP contribution < -0.4 is 11.2 Å². The van der Waals surface area contributed by atoms with E-state index in [1.807, 2.05) is 0 Å². The third-order valence-corrected chi connectivity index (χ3v) is 4.13.